The molecular weight excluding hydrogens is 273 g/mol. The Kier molecular flexibility index (Phi) is 3.10. The molecule has 4 heteroatoms. The van der Waals surface area contributed by atoms with Gasteiger partial charge in [-0.2, -0.15) is 0 Å². The first-order valence-electron chi connectivity index (χ1n) is 4.64. The van der Waals surface area contributed by atoms with Crippen molar-refractivity contribution >= 4 is 21.6 Å². The lowest BCUT2D eigenvalue weighted by atomic mass is 10.3. The minimum Gasteiger partial charge on any atom is -0.454 e. The van der Waals surface area contributed by atoms with Crippen LogP contribution in [0.4, 0.5) is 10.1 Å². The number of rotatable bonds is 2. The van der Waals surface area contributed by atoms with Crippen molar-refractivity contribution < 1.29 is 9.13 Å². The number of hydrogen-bond donors (Lipinski definition) is 1. The van der Waals surface area contributed by atoms with Crippen LogP contribution in [0.15, 0.2) is 46.9 Å². The molecule has 0 saturated heterocycles. The van der Waals surface area contributed by atoms with Crippen LogP contribution in [0.2, 0.25) is 0 Å². The minimum atomic E-state index is -0.393. The molecule has 2 nitrogen and oxygen atoms in total. The van der Waals surface area contributed by atoms with Crippen LogP contribution in [0.25, 0.3) is 0 Å². The second-order valence-electron chi connectivity index (χ2n) is 3.22. The Bertz CT molecular complexity index is 516. The normalized spacial score (nSPS) is 10.1. The molecule has 0 amide bonds. The van der Waals surface area contributed by atoms with Gasteiger partial charge in [0.2, 0.25) is 0 Å². The van der Waals surface area contributed by atoms with Gasteiger partial charge in [-0.25, -0.2) is 4.39 Å². The van der Waals surface area contributed by atoms with Crippen LogP contribution in [0.5, 0.6) is 11.5 Å². The summed E-state index contributed by atoms with van der Waals surface area (Å²) in [6, 6.07) is 11.3. The molecule has 0 heterocycles. The number of para-hydroxylation sites is 1. The molecule has 0 aliphatic rings. The van der Waals surface area contributed by atoms with Crippen molar-refractivity contribution in [2.75, 3.05) is 5.73 Å². The van der Waals surface area contributed by atoms with Gasteiger partial charge in [-0.15, -0.1) is 0 Å². The largest absolute Gasteiger partial charge is 0.454 e. The summed E-state index contributed by atoms with van der Waals surface area (Å²) < 4.78 is 19.4. The van der Waals surface area contributed by atoms with Crippen molar-refractivity contribution in [1.29, 1.82) is 0 Å². The van der Waals surface area contributed by atoms with E-state index >= 15 is 0 Å². The topological polar surface area (TPSA) is 35.2 Å². The van der Waals surface area contributed by atoms with Crippen LogP contribution < -0.4 is 10.5 Å². The fourth-order valence-corrected chi connectivity index (χ4v) is 1.58. The first-order chi connectivity index (χ1) is 7.66. The van der Waals surface area contributed by atoms with Crippen molar-refractivity contribution in [2.45, 2.75) is 0 Å². The summed E-state index contributed by atoms with van der Waals surface area (Å²) in [5.41, 5.74) is 6.25. The highest BCUT2D eigenvalue weighted by Crippen LogP contribution is 2.29. The molecule has 0 radical (unpaired) electrons. The van der Waals surface area contributed by atoms with Gasteiger partial charge in [-0.1, -0.05) is 12.1 Å². The van der Waals surface area contributed by atoms with E-state index in [-0.39, 0.29) is 5.75 Å². The summed E-state index contributed by atoms with van der Waals surface area (Å²) >= 11 is 3.28. The zero-order valence-corrected chi connectivity index (χ0v) is 9.87. The van der Waals surface area contributed by atoms with E-state index in [9.17, 15) is 4.39 Å². The second kappa shape index (κ2) is 4.53. The molecule has 0 aliphatic heterocycles. The van der Waals surface area contributed by atoms with Gasteiger partial charge in [-0.05, 0) is 46.3 Å². The van der Waals surface area contributed by atoms with E-state index in [2.05, 4.69) is 15.9 Å². The summed E-state index contributed by atoms with van der Waals surface area (Å²) in [6.07, 6.45) is 0. The molecule has 82 valence electrons. The number of hydrogen-bond acceptors (Lipinski definition) is 2. The van der Waals surface area contributed by atoms with E-state index in [1.165, 1.54) is 6.07 Å². The Morgan fingerprint density at radius 2 is 1.88 bits per heavy atom. The highest BCUT2D eigenvalue weighted by atomic mass is 79.9. The van der Waals surface area contributed by atoms with Crippen molar-refractivity contribution in [1.82, 2.24) is 0 Å². The van der Waals surface area contributed by atoms with E-state index in [4.69, 9.17) is 10.5 Å². The first-order valence-corrected chi connectivity index (χ1v) is 5.43. The summed E-state index contributed by atoms with van der Waals surface area (Å²) in [6.45, 7) is 0. The molecule has 2 aromatic carbocycles. The average molecular weight is 282 g/mol. The Hall–Kier alpha value is -1.55. The predicted octanol–water partition coefficient (Wildman–Crippen LogP) is 3.96. The molecule has 0 fully saturated rings. The van der Waals surface area contributed by atoms with Crippen molar-refractivity contribution in [3.8, 4) is 11.5 Å². The summed E-state index contributed by atoms with van der Waals surface area (Å²) in [7, 11) is 0. The molecule has 0 aliphatic carbocycles. The third-order valence-electron chi connectivity index (χ3n) is 2.04. The number of anilines is 1. The summed E-state index contributed by atoms with van der Waals surface area (Å²) in [5.74, 6) is 0.334. The second-order valence-corrected chi connectivity index (χ2v) is 4.07. The zero-order valence-electron chi connectivity index (χ0n) is 8.28. The molecule has 0 atom stereocenters. The van der Waals surface area contributed by atoms with E-state index in [1.807, 2.05) is 0 Å². The Morgan fingerprint density at radius 3 is 2.56 bits per heavy atom. The fraction of sp³-hybridized carbons (Fsp3) is 0. The zero-order chi connectivity index (χ0) is 11.5. The summed E-state index contributed by atoms with van der Waals surface area (Å²) in [4.78, 5) is 0. The Labute approximate surface area is 101 Å². The van der Waals surface area contributed by atoms with Crippen LogP contribution in [0, 0.1) is 5.82 Å². The number of nitrogens with two attached hydrogens (primary N) is 1. The van der Waals surface area contributed by atoms with Gasteiger partial charge in [0.05, 0.1) is 0 Å². The van der Waals surface area contributed by atoms with Gasteiger partial charge in [-0.3, -0.25) is 0 Å². The number of ether oxygens (including phenoxy) is 1. The smallest absolute Gasteiger partial charge is 0.165 e. The molecule has 0 spiro atoms. The molecule has 2 N–H and O–H groups in total. The molecule has 0 unspecified atom stereocenters. The molecule has 0 bridgehead atoms. The van der Waals surface area contributed by atoms with Crippen LogP contribution in [-0.2, 0) is 0 Å². The van der Waals surface area contributed by atoms with Gasteiger partial charge >= 0.3 is 0 Å². The molecule has 16 heavy (non-hydrogen) atoms. The van der Waals surface area contributed by atoms with Crippen LogP contribution >= 0.6 is 15.9 Å². The van der Waals surface area contributed by atoms with Gasteiger partial charge in [0.25, 0.3) is 0 Å². The van der Waals surface area contributed by atoms with Gasteiger partial charge in [0, 0.05) is 10.2 Å². The van der Waals surface area contributed by atoms with E-state index in [1.54, 1.807) is 36.4 Å². The monoisotopic (exact) mass is 281 g/mol. The van der Waals surface area contributed by atoms with Crippen molar-refractivity contribution in [3.05, 3.63) is 52.8 Å². The highest BCUT2D eigenvalue weighted by Gasteiger charge is 2.04. The molecule has 2 rings (SSSR count). The first kappa shape index (κ1) is 11.0. The fourth-order valence-electron chi connectivity index (χ4n) is 1.23. The quantitative estimate of drug-likeness (QED) is 0.846. The van der Waals surface area contributed by atoms with Crippen molar-refractivity contribution in [3.63, 3.8) is 0 Å². The van der Waals surface area contributed by atoms with Gasteiger partial charge in [0.1, 0.15) is 5.75 Å². The Morgan fingerprint density at radius 1 is 1.12 bits per heavy atom. The lowest BCUT2D eigenvalue weighted by Crippen LogP contribution is -1.90. The third-order valence-corrected chi connectivity index (χ3v) is 2.72. The van der Waals surface area contributed by atoms with E-state index in [0.29, 0.717) is 11.4 Å². The maximum Gasteiger partial charge on any atom is 0.165 e. The SMILES string of the molecule is Nc1ccc(Oc2ccccc2F)cc1Br. The number of benzene rings is 2. The van der Waals surface area contributed by atoms with Crippen LogP contribution in [0.1, 0.15) is 0 Å². The minimum absolute atomic E-state index is 0.194. The maximum atomic E-state index is 13.3. The van der Waals surface area contributed by atoms with Gasteiger partial charge < -0.3 is 10.5 Å². The Balaban J connectivity index is 2.28. The van der Waals surface area contributed by atoms with Gasteiger partial charge in [0.15, 0.2) is 11.6 Å². The van der Waals surface area contributed by atoms with E-state index < -0.39 is 5.82 Å². The third kappa shape index (κ3) is 2.33. The molecular formula is C12H9BrFNO. The molecule has 0 aromatic heterocycles. The van der Waals surface area contributed by atoms with Crippen molar-refractivity contribution in [2.24, 2.45) is 0 Å². The molecule has 2 aromatic rings. The number of nitrogen functional groups attached to an aromatic ring is 1. The number of halogens is 2. The predicted molar refractivity (Wildman–Crippen MR) is 65.0 cm³/mol. The van der Waals surface area contributed by atoms with Crippen LogP contribution in [0.3, 0.4) is 0 Å². The maximum absolute atomic E-state index is 13.3. The highest BCUT2D eigenvalue weighted by molar-refractivity contribution is 9.10. The standard InChI is InChI=1S/C12H9BrFNO/c13-9-7-8(5-6-11(9)15)16-12-4-2-1-3-10(12)14/h1-7H,15H2. The summed E-state index contributed by atoms with van der Waals surface area (Å²) in [5, 5.41) is 0. The lowest BCUT2D eigenvalue weighted by molar-refractivity contribution is 0.442. The van der Waals surface area contributed by atoms with Crippen LogP contribution in [-0.4, -0.2) is 0 Å². The molecule has 0 saturated carbocycles. The lowest BCUT2D eigenvalue weighted by Gasteiger charge is -2.07. The van der Waals surface area contributed by atoms with E-state index in [0.717, 1.165) is 4.47 Å². The average Bonchev–Trinajstić information content (AvgIpc) is 2.27.